The molecule has 2 atom stereocenters. The number of nitrogens with zero attached hydrogens (tertiary/aromatic N) is 4. The van der Waals surface area contributed by atoms with Gasteiger partial charge >= 0.3 is 6.03 Å². The number of hydrogen-bond donors (Lipinski definition) is 2. The summed E-state index contributed by atoms with van der Waals surface area (Å²) in [6, 6.07) is 25.4. The van der Waals surface area contributed by atoms with E-state index in [9.17, 15) is 9.18 Å². The number of carbonyl (C=O) groups excluding carboxylic acids is 1. The second-order valence-electron chi connectivity index (χ2n) is 10.8. The molecule has 7 nitrogen and oxygen atoms in total. The van der Waals surface area contributed by atoms with Gasteiger partial charge < -0.3 is 20.5 Å². The van der Waals surface area contributed by atoms with Crippen molar-refractivity contribution in [2.24, 2.45) is 11.1 Å². The van der Waals surface area contributed by atoms with E-state index in [1.807, 2.05) is 92.2 Å². The van der Waals surface area contributed by atoms with Crippen LogP contribution in [0.5, 0.6) is 0 Å². The largest absolute Gasteiger partial charge is 0.328 e. The smallest absolute Gasteiger partial charge is 0.322 e. The highest BCUT2D eigenvalue weighted by molar-refractivity contribution is 5.90. The van der Waals surface area contributed by atoms with Gasteiger partial charge in [-0.2, -0.15) is 0 Å². The second-order valence-corrected chi connectivity index (χ2v) is 10.8. The highest BCUT2D eigenvalue weighted by Crippen LogP contribution is 2.39. The summed E-state index contributed by atoms with van der Waals surface area (Å²) >= 11 is 0. The third kappa shape index (κ3) is 6.93. The lowest BCUT2D eigenvalue weighted by molar-refractivity contribution is 0.0960. The lowest BCUT2D eigenvalue weighted by atomic mass is 9.84. The number of carbonyl (C=O) groups is 1. The first-order valence-corrected chi connectivity index (χ1v) is 13.2. The molecule has 0 bridgehead atoms. The molecule has 40 heavy (non-hydrogen) atoms. The Balaban J connectivity index is 1.81. The van der Waals surface area contributed by atoms with Crippen LogP contribution in [0, 0.1) is 12.0 Å². The standard InChI is InChI=1S/C32H35FN6O/c1-32(2,3)29(39(21-25(33)19-34)31(40)36-27-17-15-26(35-4)16-18-27)30-37-28(24-13-9-6-10-14-24)22-38(30)20-23-11-7-5-8-12-23/h5-18,22,25,29H,19-21,34H2,1-3H3,(H,36,40)/t25-,29+/m1/s1. The summed E-state index contributed by atoms with van der Waals surface area (Å²) in [6.45, 7) is 13.3. The Hall–Kier alpha value is -4.48. The van der Waals surface area contributed by atoms with E-state index in [4.69, 9.17) is 17.3 Å². The number of urea groups is 1. The third-order valence-electron chi connectivity index (χ3n) is 6.61. The highest BCUT2D eigenvalue weighted by Gasteiger charge is 2.39. The normalized spacial score (nSPS) is 12.8. The summed E-state index contributed by atoms with van der Waals surface area (Å²) in [5.74, 6) is 0.651. The molecular weight excluding hydrogens is 503 g/mol. The van der Waals surface area contributed by atoms with Crippen LogP contribution in [0.25, 0.3) is 16.1 Å². The molecule has 4 rings (SSSR count). The van der Waals surface area contributed by atoms with Gasteiger partial charge in [-0.3, -0.25) is 0 Å². The van der Waals surface area contributed by atoms with Crippen LogP contribution in [0.1, 0.15) is 38.2 Å². The Labute approximate surface area is 235 Å². The average Bonchev–Trinajstić information content (AvgIpc) is 3.36. The van der Waals surface area contributed by atoms with Gasteiger partial charge in [-0.25, -0.2) is 19.0 Å². The molecule has 2 amide bonds. The first kappa shape index (κ1) is 28.5. The zero-order valence-corrected chi connectivity index (χ0v) is 23.1. The fourth-order valence-electron chi connectivity index (χ4n) is 4.71. The number of imidazole rings is 1. The van der Waals surface area contributed by atoms with Crippen LogP contribution in [-0.2, 0) is 6.54 Å². The number of nitrogens with two attached hydrogens (primary N) is 1. The number of aromatic nitrogens is 2. The van der Waals surface area contributed by atoms with Gasteiger partial charge in [-0.1, -0.05) is 93.6 Å². The monoisotopic (exact) mass is 538 g/mol. The number of alkyl halides is 1. The minimum atomic E-state index is -1.42. The maximum Gasteiger partial charge on any atom is 0.322 e. The number of anilines is 1. The predicted molar refractivity (Wildman–Crippen MR) is 158 cm³/mol. The second kappa shape index (κ2) is 12.6. The number of benzene rings is 3. The lowest BCUT2D eigenvalue weighted by Crippen LogP contribution is -2.48. The van der Waals surface area contributed by atoms with E-state index in [0.717, 1.165) is 16.8 Å². The topological polar surface area (TPSA) is 80.5 Å². The summed E-state index contributed by atoms with van der Waals surface area (Å²) in [4.78, 5) is 23.8. The van der Waals surface area contributed by atoms with Crippen molar-refractivity contribution >= 4 is 17.4 Å². The van der Waals surface area contributed by atoms with Crippen molar-refractivity contribution in [3.8, 4) is 11.3 Å². The van der Waals surface area contributed by atoms with Gasteiger partial charge in [0.2, 0.25) is 0 Å². The van der Waals surface area contributed by atoms with Crippen LogP contribution in [0.15, 0.2) is 91.1 Å². The highest BCUT2D eigenvalue weighted by atomic mass is 19.1. The van der Waals surface area contributed by atoms with Crippen molar-refractivity contribution in [3.05, 3.63) is 114 Å². The van der Waals surface area contributed by atoms with Crippen molar-refractivity contribution < 1.29 is 9.18 Å². The number of nitrogens with one attached hydrogen (secondary N) is 1. The van der Waals surface area contributed by atoms with E-state index in [1.54, 1.807) is 24.3 Å². The minimum absolute atomic E-state index is 0.205. The Morgan fingerprint density at radius 2 is 1.68 bits per heavy atom. The van der Waals surface area contributed by atoms with Gasteiger partial charge in [0.1, 0.15) is 12.0 Å². The molecule has 0 aliphatic heterocycles. The van der Waals surface area contributed by atoms with E-state index in [1.165, 1.54) is 4.90 Å². The van der Waals surface area contributed by atoms with Crippen molar-refractivity contribution in [1.29, 1.82) is 0 Å². The summed E-state index contributed by atoms with van der Waals surface area (Å²) in [5.41, 5.74) is 8.93. The molecule has 0 unspecified atom stereocenters. The number of halogens is 1. The van der Waals surface area contributed by atoms with Crippen molar-refractivity contribution in [3.63, 3.8) is 0 Å². The number of rotatable bonds is 9. The molecule has 206 valence electrons. The van der Waals surface area contributed by atoms with Gasteiger partial charge in [0.25, 0.3) is 0 Å². The molecule has 0 aliphatic carbocycles. The maximum absolute atomic E-state index is 15.0. The lowest BCUT2D eigenvalue weighted by Gasteiger charge is -2.40. The molecule has 8 heteroatoms. The molecule has 4 aromatic rings. The SMILES string of the molecule is [C-]#[N+]c1ccc(NC(=O)N(C[C@H](F)CN)[C@@H](c2nc(-c3ccccc3)cn2Cc2ccccc2)C(C)(C)C)cc1. The zero-order valence-electron chi connectivity index (χ0n) is 23.1. The molecule has 0 radical (unpaired) electrons. The molecule has 0 aliphatic rings. The molecule has 0 fully saturated rings. The fraction of sp³-hybridized carbons (Fsp3) is 0.281. The van der Waals surface area contributed by atoms with E-state index >= 15 is 0 Å². The van der Waals surface area contributed by atoms with Gasteiger partial charge in [0.05, 0.1) is 24.9 Å². The first-order valence-electron chi connectivity index (χ1n) is 13.2. The molecule has 0 spiro atoms. The van der Waals surface area contributed by atoms with Crippen LogP contribution in [-0.4, -0.2) is 39.7 Å². The number of hydrogen-bond acceptors (Lipinski definition) is 3. The molecule has 0 saturated carbocycles. The van der Waals surface area contributed by atoms with Gasteiger partial charge in [0, 0.05) is 30.5 Å². The van der Waals surface area contributed by atoms with Crippen molar-refractivity contribution in [1.82, 2.24) is 14.5 Å². The van der Waals surface area contributed by atoms with E-state index < -0.39 is 23.7 Å². The van der Waals surface area contributed by atoms with Crippen LogP contribution in [0.4, 0.5) is 20.6 Å². The number of amides is 2. The van der Waals surface area contributed by atoms with E-state index in [-0.39, 0.29) is 13.1 Å². The quantitative estimate of drug-likeness (QED) is 0.224. The van der Waals surface area contributed by atoms with E-state index in [2.05, 4.69) is 10.2 Å². The molecular formula is C32H35FN6O. The van der Waals surface area contributed by atoms with Crippen molar-refractivity contribution in [2.45, 2.75) is 39.5 Å². The van der Waals surface area contributed by atoms with E-state index in [0.29, 0.717) is 23.7 Å². The average molecular weight is 539 g/mol. The summed E-state index contributed by atoms with van der Waals surface area (Å²) in [7, 11) is 0. The molecule has 1 heterocycles. The molecule has 3 N–H and O–H groups in total. The van der Waals surface area contributed by atoms with Gasteiger partial charge in [-0.15, -0.1) is 0 Å². The maximum atomic E-state index is 15.0. The Kier molecular flexibility index (Phi) is 8.97. The summed E-state index contributed by atoms with van der Waals surface area (Å²) < 4.78 is 17.0. The third-order valence-corrected chi connectivity index (χ3v) is 6.61. The van der Waals surface area contributed by atoms with Crippen LogP contribution in [0.2, 0.25) is 0 Å². The fourth-order valence-corrected chi connectivity index (χ4v) is 4.71. The van der Waals surface area contributed by atoms with Gasteiger partial charge in [-0.05, 0) is 23.1 Å². The molecule has 1 aromatic heterocycles. The van der Waals surface area contributed by atoms with Gasteiger partial charge in [0.15, 0.2) is 5.69 Å². The Morgan fingerprint density at radius 3 is 2.25 bits per heavy atom. The Morgan fingerprint density at radius 1 is 1.05 bits per heavy atom. The minimum Gasteiger partial charge on any atom is -0.328 e. The van der Waals surface area contributed by atoms with Crippen LogP contribution in [0.3, 0.4) is 0 Å². The summed E-state index contributed by atoms with van der Waals surface area (Å²) in [6.07, 6.45) is 0.567. The van der Waals surface area contributed by atoms with Crippen LogP contribution < -0.4 is 11.1 Å². The van der Waals surface area contributed by atoms with Crippen molar-refractivity contribution in [2.75, 3.05) is 18.4 Å². The molecule has 0 saturated heterocycles. The molecule has 3 aromatic carbocycles. The zero-order chi connectivity index (χ0) is 28.7. The predicted octanol–water partition coefficient (Wildman–Crippen LogP) is 7.07. The van der Waals surface area contributed by atoms with Crippen LogP contribution >= 0.6 is 0 Å². The Bertz CT molecular complexity index is 1440. The first-order chi connectivity index (χ1) is 19.2. The summed E-state index contributed by atoms with van der Waals surface area (Å²) in [5, 5.41) is 2.89.